The van der Waals surface area contributed by atoms with Crippen LogP contribution in [-0.4, -0.2) is 73.3 Å². The Morgan fingerprint density at radius 3 is 2.23 bits per heavy atom. The lowest BCUT2D eigenvalue weighted by atomic mass is 9.92. The van der Waals surface area contributed by atoms with Crippen LogP contribution in [0.1, 0.15) is 57.7 Å². The number of para-hydroxylation sites is 1. The molecule has 0 radical (unpaired) electrons. The van der Waals surface area contributed by atoms with Crippen LogP contribution in [0.15, 0.2) is 60.6 Å². The van der Waals surface area contributed by atoms with Gasteiger partial charge in [-0.2, -0.15) is 11.8 Å². The van der Waals surface area contributed by atoms with Crippen molar-refractivity contribution >= 4 is 52.8 Å². The first-order chi connectivity index (χ1) is 22.5. The normalized spacial score (nSPS) is 15.5. The minimum Gasteiger partial charge on any atom is -0.480 e. The molecule has 15 nitrogen and oxygen atoms in total. The molecule has 1 heterocycles. The Labute approximate surface area is 281 Å². The molecule has 1 aliphatic heterocycles. The van der Waals surface area contributed by atoms with E-state index in [1.165, 1.54) is 11.8 Å². The lowest BCUT2D eigenvalue weighted by Crippen LogP contribution is -2.47. The van der Waals surface area contributed by atoms with Gasteiger partial charge in [0.05, 0.1) is 4.92 Å². The molecule has 3 amide bonds. The molecule has 0 fully saturated rings. The van der Waals surface area contributed by atoms with Gasteiger partial charge in [0.1, 0.15) is 18.1 Å². The molecule has 1 aliphatic rings. The third-order valence-corrected chi connectivity index (χ3v) is 8.18. The number of hydrogen-bond acceptors (Lipinski definition) is 10. The number of fused-ring (bicyclic) bond motifs is 1. The molecule has 0 saturated heterocycles. The van der Waals surface area contributed by atoms with Crippen LogP contribution >= 0.6 is 11.8 Å². The molecule has 6 N–H and O–H groups in total. The SMILES string of the molecule is CC(=O)N1Cc2cc(N/C(=C/[N+](=O)[O-])Nc3ccccc3)ccc2C1C(=O)NC(CCSCC(NC(=O)CC(C)(C)C)C(=O)O)C(=O)O. The molecular formula is C32H40N6O9S. The third-order valence-electron chi connectivity index (χ3n) is 7.08. The summed E-state index contributed by atoms with van der Waals surface area (Å²) < 4.78 is 0. The van der Waals surface area contributed by atoms with Gasteiger partial charge in [0.15, 0.2) is 5.82 Å². The zero-order valence-electron chi connectivity index (χ0n) is 27.0. The van der Waals surface area contributed by atoms with Crippen LogP contribution in [-0.2, 0) is 30.5 Å². The van der Waals surface area contributed by atoms with Crippen molar-refractivity contribution in [1.29, 1.82) is 0 Å². The number of thioether (sulfide) groups is 1. The van der Waals surface area contributed by atoms with Crippen molar-refractivity contribution in [3.8, 4) is 0 Å². The summed E-state index contributed by atoms with van der Waals surface area (Å²) in [6, 6.07) is 10.0. The monoisotopic (exact) mass is 684 g/mol. The Kier molecular flexibility index (Phi) is 12.9. The van der Waals surface area contributed by atoms with E-state index in [-0.39, 0.29) is 42.1 Å². The number of benzene rings is 2. The summed E-state index contributed by atoms with van der Waals surface area (Å²) in [7, 11) is 0. The molecule has 0 saturated carbocycles. The maximum absolute atomic E-state index is 13.5. The Morgan fingerprint density at radius 2 is 1.65 bits per heavy atom. The number of nitrogens with zero attached hydrogens (tertiary/aromatic N) is 2. The van der Waals surface area contributed by atoms with Crippen LogP contribution in [0.25, 0.3) is 0 Å². The zero-order valence-corrected chi connectivity index (χ0v) is 27.8. The summed E-state index contributed by atoms with van der Waals surface area (Å²) in [5.74, 6) is -3.82. The lowest BCUT2D eigenvalue weighted by Gasteiger charge is -2.25. The third kappa shape index (κ3) is 11.3. The zero-order chi connectivity index (χ0) is 35.6. The second-order valence-electron chi connectivity index (χ2n) is 12.4. The maximum atomic E-state index is 13.5. The van der Waals surface area contributed by atoms with Crippen molar-refractivity contribution < 1.29 is 39.1 Å². The summed E-state index contributed by atoms with van der Waals surface area (Å²) in [4.78, 5) is 73.9. The van der Waals surface area contributed by atoms with E-state index in [4.69, 9.17) is 0 Å². The first-order valence-corrected chi connectivity index (χ1v) is 16.2. The first kappa shape index (κ1) is 37.3. The summed E-state index contributed by atoms with van der Waals surface area (Å²) in [6.45, 7) is 6.89. The number of carbonyl (C=O) groups excluding carboxylic acids is 3. The van der Waals surface area contributed by atoms with Gasteiger partial charge in [0.25, 0.3) is 6.20 Å². The molecule has 16 heteroatoms. The fraction of sp³-hybridized carbons (Fsp3) is 0.406. The molecule has 3 unspecified atom stereocenters. The summed E-state index contributed by atoms with van der Waals surface area (Å²) >= 11 is 1.13. The van der Waals surface area contributed by atoms with E-state index < -0.39 is 52.7 Å². The van der Waals surface area contributed by atoms with Crippen LogP contribution in [0.5, 0.6) is 0 Å². The minimum absolute atomic E-state index is 0.00454. The molecular weight excluding hydrogens is 644 g/mol. The number of anilines is 2. The molecule has 3 rings (SSSR count). The van der Waals surface area contributed by atoms with E-state index in [1.54, 1.807) is 48.5 Å². The number of carbonyl (C=O) groups is 5. The predicted molar refractivity (Wildman–Crippen MR) is 179 cm³/mol. The van der Waals surface area contributed by atoms with Gasteiger partial charge < -0.3 is 36.4 Å². The quantitative estimate of drug-likeness (QED) is 0.0851. The molecule has 0 bridgehead atoms. The molecule has 0 aliphatic carbocycles. The van der Waals surface area contributed by atoms with Crippen LogP contribution in [0.2, 0.25) is 0 Å². The first-order valence-electron chi connectivity index (χ1n) is 15.0. The van der Waals surface area contributed by atoms with Crippen molar-refractivity contribution in [3.63, 3.8) is 0 Å². The maximum Gasteiger partial charge on any atom is 0.327 e. The number of rotatable bonds is 16. The van der Waals surface area contributed by atoms with Gasteiger partial charge in [-0.05, 0) is 53.0 Å². The van der Waals surface area contributed by atoms with Crippen LogP contribution in [0, 0.1) is 15.5 Å². The molecule has 2 aromatic carbocycles. The van der Waals surface area contributed by atoms with Gasteiger partial charge >= 0.3 is 11.9 Å². The Balaban J connectivity index is 1.68. The second kappa shape index (κ2) is 16.6. The van der Waals surface area contributed by atoms with E-state index in [1.807, 2.05) is 20.8 Å². The van der Waals surface area contributed by atoms with E-state index >= 15 is 0 Å². The fourth-order valence-electron chi connectivity index (χ4n) is 4.95. The molecule has 48 heavy (non-hydrogen) atoms. The van der Waals surface area contributed by atoms with Gasteiger partial charge in [0.2, 0.25) is 17.7 Å². The van der Waals surface area contributed by atoms with Gasteiger partial charge in [0, 0.05) is 37.0 Å². The van der Waals surface area contributed by atoms with Gasteiger partial charge in [-0.25, -0.2) is 9.59 Å². The lowest BCUT2D eigenvalue weighted by molar-refractivity contribution is -0.403. The Hall–Kier alpha value is -5.12. The fourth-order valence-corrected chi connectivity index (χ4v) is 5.98. The van der Waals surface area contributed by atoms with E-state index in [2.05, 4.69) is 21.3 Å². The Morgan fingerprint density at radius 1 is 1.00 bits per heavy atom. The van der Waals surface area contributed by atoms with Crippen molar-refractivity contribution in [3.05, 3.63) is 81.8 Å². The van der Waals surface area contributed by atoms with Crippen molar-refractivity contribution in [2.45, 2.75) is 65.2 Å². The highest BCUT2D eigenvalue weighted by atomic mass is 32.2. The molecule has 258 valence electrons. The number of hydrogen-bond donors (Lipinski definition) is 6. The number of carboxylic acid groups (broad SMARTS) is 2. The predicted octanol–water partition coefficient (Wildman–Crippen LogP) is 3.39. The molecule has 2 aromatic rings. The van der Waals surface area contributed by atoms with Gasteiger partial charge in [-0.15, -0.1) is 0 Å². The summed E-state index contributed by atoms with van der Waals surface area (Å²) in [6.07, 6.45) is 0.864. The standard InChI is InChI=1S/C32H40N6O9S/c1-19(39)37-16-20-14-22(34-26(17-38(46)47)33-21-8-6-5-7-9-21)10-11-23(20)28(37)29(41)36-24(30(42)43)12-13-48-18-25(31(44)45)35-27(40)15-32(2,3)4/h5-11,14,17,24-25,28,33-34H,12-13,15-16,18H2,1-4H3,(H,35,40)(H,36,41)(H,42,43)(H,44,45)/b26-17+. The highest BCUT2D eigenvalue weighted by Crippen LogP contribution is 2.36. The minimum atomic E-state index is -1.33. The smallest absolute Gasteiger partial charge is 0.327 e. The van der Waals surface area contributed by atoms with E-state index in [0.29, 0.717) is 22.5 Å². The van der Waals surface area contributed by atoms with Crippen molar-refractivity contribution in [2.24, 2.45) is 5.41 Å². The average Bonchev–Trinajstić information content (AvgIpc) is 3.36. The average molecular weight is 685 g/mol. The largest absolute Gasteiger partial charge is 0.480 e. The van der Waals surface area contributed by atoms with Crippen LogP contribution in [0.4, 0.5) is 11.4 Å². The van der Waals surface area contributed by atoms with E-state index in [9.17, 15) is 44.3 Å². The number of carboxylic acids is 2. The topological polar surface area (TPSA) is 220 Å². The Bertz CT molecular complexity index is 1560. The number of nitro groups is 1. The van der Waals surface area contributed by atoms with Gasteiger partial charge in [-0.3, -0.25) is 24.5 Å². The highest BCUT2D eigenvalue weighted by molar-refractivity contribution is 7.99. The molecule has 0 aromatic heterocycles. The van der Waals surface area contributed by atoms with E-state index in [0.717, 1.165) is 18.0 Å². The van der Waals surface area contributed by atoms with Gasteiger partial charge in [-0.1, -0.05) is 45.0 Å². The summed E-state index contributed by atoms with van der Waals surface area (Å²) in [5, 5.41) is 41.5. The number of amides is 3. The van der Waals surface area contributed by atoms with Crippen LogP contribution in [0.3, 0.4) is 0 Å². The van der Waals surface area contributed by atoms with Crippen LogP contribution < -0.4 is 21.3 Å². The van der Waals surface area contributed by atoms with Crippen molar-refractivity contribution in [2.75, 3.05) is 22.1 Å². The number of aliphatic carboxylic acids is 2. The molecule has 0 spiro atoms. The molecule has 3 atom stereocenters. The number of nitrogens with one attached hydrogen (secondary N) is 4. The summed E-state index contributed by atoms with van der Waals surface area (Å²) in [5.41, 5.74) is 1.78. The second-order valence-corrected chi connectivity index (χ2v) is 13.5. The highest BCUT2D eigenvalue weighted by Gasteiger charge is 2.38. The van der Waals surface area contributed by atoms with Crippen molar-refractivity contribution in [1.82, 2.24) is 15.5 Å².